The average molecular weight is 172 g/mol. The quantitative estimate of drug-likeness (QED) is 0.603. The maximum Gasteiger partial charge on any atom is -0.0128 e. The summed E-state index contributed by atoms with van der Waals surface area (Å²) in [7, 11) is 0. The molecule has 68 valence electrons. The summed E-state index contributed by atoms with van der Waals surface area (Å²) in [4.78, 5) is 0. The van der Waals surface area contributed by atoms with Gasteiger partial charge in [0.05, 0.1) is 0 Å². The normalized spacial score (nSPS) is 9.08. The summed E-state index contributed by atoms with van der Waals surface area (Å²) < 4.78 is 0. The lowest BCUT2D eigenvalue weighted by atomic mass is 10.1. The van der Waals surface area contributed by atoms with Crippen molar-refractivity contribution in [2.24, 2.45) is 0 Å². The Morgan fingerprint density at radius 3 is 2.31 bits per heavy atom. The maximum atomic E-state index is 3.33. The first kappa shape index (κ1) is 9.83. The number of rotatable bonds is 3. The van der Waals surface area contributed by atoms with Gasteiger partial charge < -0.3 is 0 Å². The molecular weight excluding hydrogens is 156 g/mol. The number of hydrogen-bond donors (Lipinski definition) is 0. The molecule has 1 aromatic carbocycles. The Balaban J connectivity index is 2.83. The lowest BCUT2D eigenvalue weighted by Gasteiger charge is -1.93. The molecule has 0 fully saturated rings. The fourth-order valence-corrected chi connectivity index (χ4v) is 1.19. The summed E-state index contributed by atoms with van der Waals surface area (Å²) in [5, 5.41) is 0. The third-order valence-electron chi connectivity index (χ3n) is 2.10. The first-order valence-corrected chi connectivity index (χ1v) is 4.86. The van der Waals surface area contributed by atoms with Crippen LogP contribution in [-0.2, 0) is 0 Å². The molecule has 1 aromatic rings. The second kappa shape index (κ2) is 5.40. The molecule has 0 N–H and O–H groups in total. The first-order chi connectivity index (χ1) is 6.36. The number of allylic oxidation sites excluding steroid dienone is 1. The zero-order chi connectivity index (χ0) is 9.52. The summed E-state index contributed by atoms with van der Waals surface area (Å²) in [6.07, 6.45) is 4.25. The topological polar surface area (TPSA) is 0 Å². The van der Waals surface area contributed by atoms with Crippen molar-refractivity contribution in [3.05, 3.63) is 47.2 Å². The molecule has 0 aliphatic carbocycles. The summed E-state index contributed by atoms with van der Waals surface area (Å²) in [5.74, 6) is 0. The van der Waals surface area contributed by atoms with Crippen LogP contribution in [0.15, 0.2) is 41.6 Å². The Morgan fingerprint density at radius 2 is 1.77 bits per heavy atom. The third kappa shape index (κ3) is 3.31. The van der Waals surface area contributed by atoms with Crippen LogP contribution in [0.4, 0.5) is 0 Å². The van der Waals surface area contributed by atoms with Gasteiger partial charge in [-0.1, -0.05) is 44.2 Å². The van der Waals surface area contributed by atoms with Crippen LogP contribution in [0.5, 0.6) is 0 Å². The highest BCUT2D eigenvalue weighted by atomic mass is 13.9. The van der Waals surface area contributed by atoms with Gasteiger partial charge >= 0.3 is 0 Å². The lowest BCUT2D eigenvalue weighted by Crippen LogP contribution is -1.73. The third-order valence-corrected chi connectivity index (χ3v) is 2.10. The molecule has 1 rings (SSSR count). The fraction of sp³-hybridized carbons (Fsp3) is 0.308. The Morgan fingerprint density at radius 1 is 1.15 bits per heavy atom. The van der Waals surface area contributed by atoms with Gasteiger partial charge in [-0.2, -0.15) is 0 Å². The second-order valence-electron chi connectivity index (χ2n) is 3.01. The highest BCUT2D eigenvalue weighted by molar-refractivity contribution is 5.48. The molecule has 0 saturated heterocycles. The van der Waals surface area contributed by atoms with Crippen LogP contribution in [0.3, 0.4) is 0 Å². The highest BCUT2D eigenvalue weighted by Gasteiger charge is 1.85. The summed E-state index contributed by atoms with van der Waals surface area (Å²) in [5.41, 5.74) is 5.93. The molecule has 0 heteroatoms. The summed E-state index contributed by atoms with van der Waals surface area (Å²) in [6.45, 7) is 4.34. The van der Waals surface area contributed by atoms with Gasteiger partial charge in [0, 0.05) is 0 Å². The zero-order valence-corrected chi connectivity index (χ0v) is 8.38. The molecule has 0 aliphatic heterocycles. The molecule has 0 spiro atoms. The van der Waals surface area contributed by atoms with E-state index in [4.69, 9.17) is 0 Å². The van der Waals surface area contributed by atoms with Gasteiger partial charge in [0.2, 0.25) is 0 Å². The van der Waals surface area contributed by atoms with Gasteiger partial charge in [-0.15, -0.1) is 5.73 Å². The molecule has 0 bridgehead atoms. The average Bonchev–Trinajstić information content (AvgIpc) is 2.21. The molecule has 0 unspecified atom stereocenters. The molecule has 0 aromatic heterocycles. The molecule has 0 radical (unpaired) electrons. The van der Waals surface area contributed by atoms with Crippen molar-refractivity contribution in [1.82, 2.24) is 0 Å². The minimum Gasteiger partial charge on any atom is -0.121 e. The van der Waals surface area contributed by atoms with Crippen molar-refractivity contribution < 1.29 is 0 Å². The van der Waals surface area contributed by atoms with Crippen molar-refractivity contribution in [2.75, 3.05) is 0 Å². The van der Waals surface area contributed by atoms with Gasteiger partial charge in [-0.25, -0.2) is 0 Å². The van der Waals surface area contributed by atoms with Gasteiger partial charge in [0.15, 0.2) is 0 Å². The van der Waals surface area contributed by atoms with Crippen LogP contribution in [-0.4, -0.2) is 0 Å². The van der Waals surface area contributed by atoms with Crippen molar-refractivity contribution in [3.8, 4) is 0 Å². The molecule has 0 amide bonds. The molecule has 0 nitrogen and oxygen atoms in total. The Hall–Kier alpha value is -1.26. The highest BCUT2D eigenvalue weighted by Crippen LogP contribution is 2.05. The van der Waals surface area contributed by atoms with E-state index in [0.717, 1.165) is 12.8 Å². The van der Waals surface area contributed by atoms with Crippen molar-refractivity contribution in [1.29, 1.82) is 0 Å². The minimum absolute atomic E-state index is 1.10. The van der Waals surface area contributed by atoms with E-state index < -0.39 is 0 Å². The predicted octanol–water partition coefficient (Wildman–Crippen LogP) is 4.05. The number of hydrogen-bond acceptors (Lipinski definition) is 0. The standard InChI is InChI=1S/C13H16/c1-3-12(4-2)10-11-13-8-6-5-7-9-13/h5-9,11H,3-4H2,1-2H3. The summed E-state index contributed by atoms with van der Waals surface area (Å²) in [6, 6.07) is 10.3. The van der Waals surface area contributed by atoms with Gasteiger partial charge in [-0.3, -0.25) is 0 Å². The SMILES string of the molecule is CCC(=C=Cc1ccccc1)CC. The van der Waals surface area contributed by atoms with E-state index >= 15 is 0 Å². The molecular formula is C13H16. The van der Waals surface area contributed by atoms with Crippen LogP contribution in [0, 0.1) is 0 Å². The Kier molecular flexibility index (Phi) is 4.08. The van der Waals surface area contributed by atoms with Gasteiger partial charge in [0.25, 0.3) is 0 Å². The van der Waals surface area contributed by atoms with E-state index in [1.54, 1.807) is 0 Å². The van der Waals surface area contributed by atoms with Crippen LogP contribution < -0.4 is 0 Å². The van der Waals surface area contributed by atoms with E-state index in [2.05, 4.69) is 37.8 Å². The van der Waals surface area contributed by atoms with Gasteiger partial charge in [-0.05, 0) is 30.1 Å². The van der Waals surface area contributed by atoms with Crippen LogP contribution >= 0.6 is 0 Å². The van der Waals surface area contributed by atoms with E-state index in [9.17, 15) is 0 Å². The van der Waals surface area contributed by atoms with E-state index in [1.807, 2.05) is 18.2 Å². The van der Waals surface area contributed by atoms with Gasteiger partial charge in [0.1, 0.15) is 0 Å². The van der Waals surface area contributed by atoms with E-state index in [0.29, 0.717) is 0 Å². The fourth-order valence-electron chi connectivity index (χ4n) is 1.19. The number of benzene rings is 1. The molecule has 0 saturated carbocycles. The van der Waals surface area contributed by atoms with Crippen molar-refractivity contribution in [2.45, 2.75) is 26.7 Å². The molecule has 0 aliphatic rings. The Bertz CT molecular complexity index is 294. The van der Waals surface area contributed by atoms with E-state index in [1.165, 1.54) is 11.1 Å². The largest absolute Gasteiger partial charge is 0.121 e. The summed E-state index contributed by atoms with van der Waals surface area (Å²) >= 11 is 0. The zero-order valence-electron chi connectivity index (χ0n) is 8.38. The van der Waals surface area contributed by atoms with Crippen LogP contribution in [0.2, 0.25) is 0 Å². The molecule has 13 heavy (non-hydrogen) atoms. The monoisotopic (exact) mass is 172 g/mol. The van der Waals surface area contributed by atoms with Crippen molar-refractivity contribution in [3.63, 3.8) is 0 Å². The minimum atomic E-state index is 1.10. The second-order valence-corrected chi connectivity index (χ2v) is 3.01. The van der Waals surface area contributed by atoms with Crippen LogP contribution in [0.1, 0.15) is 32.3 Å². The van der Waals surface area contributed by atoms with E-state index in [-0.39, 0.29) is 0 Å². The first-order valence-electron chi connectivity index (χ1n) is 4.86. The smallest absolute Gasteiger partial charge is 0.0128 e. The van der Waals surface area contributed by atoms with Crippen LogP contribution in [0.25, 0.3) is 6.08 Å². The van der Waals surface area contributed by atoms with Crippen molar-refractivity contribution >= 4 is 6.08 Å². The molecule has 0 atom stereocenters. The molecule has 0 heterocycles. The lowest BCUT2D eigenvalue weighted by molar-refractivity contribution is 0.983. The predicted molar refractivity (Wildman–Crippen MR) is 58.5 cm³/mol. The Labute approximate surface area is 80.6 Å². The maximum absolute atomic E-state index is 3.33.